The summed E-state index contributed by atoms with van der Waals surface area (Å²) in [5.74, 6) is 7.34. The Kier molecular flexibility index (Phi) is 16.6. The SMILES string of the molecule is C[C]1[C](C)[C](C)[C](C)[C]1C.[CH2-]C.[CH]1[CH][CH][CH][CH][CH][CH][CH]1.[Zr]. The van der Waals surface area contributed by atoms with Crippen molar-refractivity contribution in [2.24, 2.45) is 0 Å². The molecule has 0 bridgehead atoms. The van der Waals surface area contributed by atoms with Crippen molar-refractivity contribution in [1.82, 2.24) is 0 Å². The molecular formula is C20H28Zr-. The van der Waals surface area contributed by atoms with Gasteiger partial charge in [-0.2, -0.15) is 6.92 Å². The third kappa shape index (κ3) is 8.93. The zero-order valence-electron chi connectivity index (χ0n) is 14.3. The molecule has 0 nitrogen and oxygen atoms in total. The molecule has 0 atom stereocenters. The predicted molar refractivity (Wildman–Crippen MR) is 90.0 cm³/mol. The van der Waals surface area contributed by atoms with Gasteiger partial charge in [-0.1, -0.05) is 34.6 Å². The van der Waals surface area contributed by atoms with Crippen molar-refractivity contribution >= 4 is 0 Å². The van der Waals surface area contributed by atoms with Crippen LogP contribution in [0, 0.1) is 87.9 Å². The summed E-state index contributed by atoms with van der Waals surface area (Å²) in [5, 5.41) is 0. The molecular weight excluding hydrogens is 331 g/mol. The van der Waals surface area contributed by atoms with Gasteiger partial charge in [0, 0.05) is 26.2 Å². The minimum atomic E-state index is 0. The molecule has 1 heteroatoms. The molecule has 2 fully saturated rings. The standard InChI is InChI=1S/C10H15.C8H8.C2H5.Zr/c1-6-7(2)9(4)10(5)8(6)3;1-2-4-6-8-7-5-3-1;1-2;/h1-5H3;1-8H;1H2,2H3;/q;;-1;. The van der Waals surface area contributed by atoms with Crippen molar-refractivity contribution in [3.63, 3.8) is 0 Å². The second kappa shape index (κ2) is 14.5. The van der Waals surface area contributed by atoms with Gasteiger partial charge < -0.3 is 6.92 Å². The maximum absolute atomic E-state index is 3.25. The molecule has 0 aromatic rings. The zero-order chi connectivity index (χ0) is 15.5. The number of rotatable bonds is 0. The largest absolute Gasteiger partial charge is 0.346 e. The van der Waals surface area contributed by atoms with Gasteiger partial charge in [0.05, 0.1) is 0 Å². The summed E-state index contributed by atoms with van der Waals surface area (Å²) < 4.78 is 0. The third-order valence-corrected chi connectivity index (χ3v) is 3.70. The molecule has 0 saturated heterocycles. The monoisotopic (exact) mass is 358 g/mol. The van der Waals surface area contributed by atoms with Crippen molar-refractivity contribution < 1.29 is 26.2 Å². The van der Waals surface area contributed by atoms with Crippen LogP contribution in [0.15, 0.2) is 0 Å². The predicted octanol–water partition coefficient (Wildman–Crippen LogP) is 5.44. The van der Waals surface area contributed by atoms with Gasteiger partial charge in [0.2, 0.25) is 0 Å². The van der Waals surface area contributed by atoms with Crippen LogP contribution >= 0.6 is 0 Å². The summed E-state index contributed by atoms with van der Waals surface area (Å²) in [5.41, 5.74) is 0. The molecule has 0 amide bonds. The molecule has 113 valence electrons. The average molecular weight is 360 g/mol. The van der Waals surface area contributed by atoms with E-state index >= 15 is 0 Å². The van der Waals surface area contributed by atoms with Crippen LogP contribution in [0.4, 0.5) is 0 Å². The summed E-state index contributed by atoms with van der Waals surface area (Å²) in [6, 6.07) is 0. The third-order valence-electron chi connectivity index (χ3n) is 3.70. The molecule has 13 radical (unpaired) electrons. The van der Waals surface area contributed by atoms with E-state index in [1.807, 2.05) is 51.4 Å². The second-order valence-electron chi connectivity index (χ2n) is 4.66. The van der Waals surface area contributed by atoms with E-state index in [0.717, 1.165) is 0 Å². The van der Waals surface area contributed by atoms with Gasteiger partial charge >= 0.3 is 0 Å². The minimum Gasteiger partial charge on any atom is -0.346 e. The Morgan fingerprint density at radius 1 is 0.429 bits per heavy atom. The molecule has 21 heavy (non-hydrogen) atoms. The van der Waals surface area contributed by atoms with Crippen LogP contribution < -0.4 is 0 Å². The van der Waals surface area contributed by atoms with Crippen LogP contribution in [-0.4, -0.2) is 0 Å². The van der Waals surface area contributed by atoms with E-state index in [-0.39, 0.29) is 26.2 Å². The van der Waals surface area contributed by atoms with Crippen molar-refractivity contribution in [2.45, 2.75) is 41.5 Å². The minimum absolute atomic E-state index is 0. The van der Waals surface area contributed by atoms with E-state index < -0.39 is 0 Å². The second-order valence-corrected chi connectivity index (χ2v) is 4.66. The summed E-state index contributed by atoms with van der Waals surface area (Å²) in [6.07, 6.45) is 16.0. The molecule has 0 aromatic heterocycles. The molecule has 0 aromatic carbocycles. The van der Waals surface area contributed by atoms with E-state index in [9.17, 15) is 0 Å². The molecule has 0 heterocycles. The number of hydrogen-bond acceptors (Lipinski definition) is 0. The van der Waals surface area contributed by atoms with Gasteiger partial charge in [0.25, 0.3) is 0 Å². The maximum atomic E-state index is 3.25. The molecule has 0 unspecified atom stereocenters. The summed E-state index contributed by atoms with van der Waals surface area (Å²) in [7, 11) is 0. The zero-order valence-corrected chi connectivity index (χ0v) is 16.8. The van der Waals surface area contributed by atoms with E-state index in [1.54, 1.807) is 6.92 Å². The maximum Gasteiger partial charge on any atom is 0 e. The van der Waals surface area contributed by atoms with Crippen LogP contribution in [0.1, 0.15) is 41.5 Å². The topological polar surface area (TPSA) is 0 Å². The van der Waals surface area contributed by atoms with Crippen molar-refractivity contribution in [3.05, 3.63) is 87.9 Å². The van der Waals surface area contributed by atoms with E-state index in [2.05, 4.69) is 41.5 Å². The first-order valence-corrected chi connectivity index (χ1v) is 7.12. The Bertz CT molecular complexity index is 145. The molecule has 0 aliphatic heterocycles. The van der Waals surface area contributed by atoms with Crippen LogP contribution in [-0.2, 0) is 26.2 Å². The Labute approximate surface area is 155 Å². The Balaban J connectivity index is 0. The normalized spacial score (nSPS) is 23.0. The first-order chi connectivity index (χ1) is 9.55. The first kappa shape index (κ1) is 24.1. The smallest absolute Gasteiger partial charge is 0 e. The van der Waals surface area contributed by atoms with E-state index in [0.29, 0.717) is 0 Å². The van der Waals surface area contributed by atoms with Crippen molar-refractivity contribution in [2.75, 3.05) is 0 Å². The molecule has 0 N–H and O–H groups in total. The summed E-state index contributed by atoms with van der Waals surface area (Å²) in [6.45, 7) is 16.0. The fourth-order valence-corrected chi connectivity index (χ4v) is 1.92. The Morgan fingerprint density at radius 2 is 0.524 bits per heavy atom. The van der Waals surface area contributed by atoms with Crippen molar-refractivity contribution in [1.29, 1.82) is 0 Å². The van der Waals surface area contributed by atoms with Gasteiger partial charge in [-0.05, 0) is 81.0 Å². The number of hydrogen-bond donors (Lipinski definition) is 0. The Hall–Kier alpha value is 0.883. The fraction of sp³-hybridized carbons (Fsp3) is 0.300. The molecule has 2 aliphatic carbocycles. The van der Waals surface area contributed by atoms with E-state index in [1.165, 1.54) is 29.6 Å². The van der Waals surface area contributed by atoms with Crippen LogP contribution in [0.2, 0.25) is 0 Å². The van der Waals surface area contributed by atoms with Crippen molar-refractivity contribution in [3.8, 4) is 0 Å². The van der Waals surface area contributed by atoms with Crippen LogP contribution in [0.25, 0.3) is 0 Å². The van der Waals surface area contributed by atoms with Gasteiger partial charge in [-0.25, -0.2) is 0 Å². The van der Waals surface area contributed by atoms with Crippen LogP contribution in [0.3, 0.4) is 0 Å². The average Bonchev–Trinajstić information content (AvgIpc) is 2.59. The quantitative estimate of drug-likeness (QED) is 0.505. The van der Waals surface area contributed by atoms with Gasteiger partial charge in [0.1, 0.15) is 0 Å². The summed E-state index contributed by atoms with van der Waals surface area (Å²) in [4.78, 5) is 0. The summed E-state index contributed by atoms with van der Waals surface area (Å²) >= 11 is 0. The Morgan fingerprint density at radius 3 is 0.619 bits per heavy atom. The molecule has 2 rings (SSSR count). The van der Waals surface area contributed by atoms with Gasteiger partial charge in [0.15, 0.2) is 0 Å². The molecule has 2 saturated carbocycles. The van der Waals surface area contributed by atoms with Gasteiger partial charge in [-0.3, -0.25) is 0 Å². The van der Waals surface area contributed by atoms with Crippen LogP contribution in [0.5, 0.6) is 0 Å². The van der Waals surface area contributed by atoms with Gasteiger partial charge in [-0.15, -0.1) is 0 Å². The van der Waals surface area contributed by atoms with E-state index in [4.69, 9.17) is 0 Å². The first-order valence-electron chi connectivity index (χ1n) is 7.12. The molecule has 2 aliphatic rings. The molecule has 0 spiro atoms. The fourth-order valence-electron chi connectivity index (χ4n) is 1.92.